The molecule has 0 spiro atoms. The number of hydrogen-bond acceptors (Lipinski definition) is 5. The molecule has 7 nitrogen and oxygen atoms in total. The van der Waals surface area contributed by atoms with Crippen LogP contribution < -0.4 is 10.2 Å². The molecule has 0 aliphatic carbocycles. The van der Waals surface area contributed by atoms with Crippen LogP contribution in [0.1, 0.15) is 19.3 Å². The lowest BCUT2D eigenvalue weighted by Crippen LogP contribution is -2.27. The van der Waals surface area contributed by atoms with E-state index in [4.69, 9.17) is 0 Å². The van der Waals surface area contributed by atoms with Crippen molar-refractivity contribution in [1.82, 2.24) is 8.87 Å². The van der Waals surface area contributed by atoms with Gasteiger partial charge in [-0.3, -0.25) is 14.2 Å². The molecule has 3 aromatic rings. The summed E-state index contributed by atoms with van der Waals surface area (Å²) in [5.41, 5.74) is 0.658. The van der Waals surface area contributed by atoms with Crippen LogP contribution in [-0.2, 0) is 21.4 Å². The van der Waals surface area contributed by atoms with Crippen LogP contribution in [0.5, 0.6) is 0 Å². The monoisotopic (exact) mass is 449 g/mol. The van der Waals surface area contributed by atoms with E-state index in [9.17, 15) is 22.4 Å². The Labute approximate surface area is 176 Å². The van der Waals surface area contributed by atoms with Crippen molar-refractivity contribution < 1.29 is 17.6 Å². The molecule has 30 heavy (non-hydrogen) atoms. The first-order chi connectivity index (χ1) is 14.4. The van der Waals surface area contributed by atoms with Gasteiger partial charge in [-0.25, -0.2) is 12.8 Å². The van der Waals surface area contributed by atoms with Crippen LogP contribution in [0.25, 0.3) is 10.2 Å². The zero-order chi connectivity index (χ0) is 21.3. The minimum absolute atomic E-state index is 0.0199. The largest absolute Gasteiger partial charge is 0.324 e. The van der Waals surface area contributed by atoms with Crippen LogP contribution >= 0.6 is 11.3 Å². The van der Waals surface area contributed by atoms with Gasteiger partial charge >= 0.3 is 4.87 Å². The minimum Gasteiger partial charge on any atom is -0.324 e. The number of fused-ring (bicyclic) bond motifs is 1. The Bertz CT molecular complexity index is 1260. The molecule has 2 aromatic carbocycles. The number of aryl methyl sites for hydroxylation is 1. The quantitative estimate of drug-likeness (QED) is 0.627. The Hall–Kier alpha value is -2.56. The lowest BCUT2D eigenvalue weighted by Gasteiger charge is -2.15. The number of nitrogens with one attached hydrogen (secondary N) is 1. The molecular formula is C20H20FN3O4S2. The van der Waals surface area contributed by atoms with E-state index >= 15 is 0 Å². The van der Waals surface area contributed by atoms with Crippen LogP contribution in [0, 0.1) is 5.82 Å². The number of hydrogen-bond donors (Lipinski definition) is 1. The molecule has 1 amide bonds. The molecule has 158 valence electrons. The van der Waals surface area contributed by atoms with Gasteiger partial charge in [-0.05, 0) is 43.2 Å². The third-order valence-corrected chi connectivity index (χ3v) is 7.89. The number of anilines is 1. The fraction of sp³-hybridized carbons (Fsp3) is 0.300. The number of aromatic nitrogens is 1. The van der Waals surface area contributed by atoms with Gasteiger partial charge in [-0.2, -0.15) is 4.31 Å². The summed E-state index contributed by atoms with van der Waals surface area (Å²) in [5, 5.41) is 2.49. The van der Waals surface area contributed by atoms with Crippen molar-refractivity contribution in [3.63, 3.8) is 0 Å². The standard InChI is InChI=1S/C20H20FN3O4S2/c21-15-5-1-2-6-16(15)22-19(25)9-12-24-17-8-7-14(13-18(17)29-20(24)26)30(27,28)23-10-3-4-11-23/h1-2,5-8,13H,3-4,9-12H2,(H,22,25). The molecule has 4 rings (SSSR count). The summed E-state index contributed by atoms with van der Waals surface area (Å²) < 4.78 is 42.6. The van der Waals surface area contributed by atoms with E-state index in [1.54, 1.807) is 12.1 Å². The normalized spacial score (nSPS) is 15.0. The minimum atomic E-state index is -3.57. The number of carbonyl (C=O) groups excluding carboxylic acids is 1. The maximum atomic E-state index is 13.7. The van der Waals surface area contributed by atoms with E-state index in [1.165, 1.54) is 39.2 Å². The molecule has 10 heteroatoms. The van der Waals surface area contributed by atoms with Gasteiger partial charge in [-0.1, -0.05) is 23.5 Å². The Morgan fingerprint density at radius 3 is 2.60 bits per heavy atom. The average molecular weight is 450 g/mol. The molecule has 0 unspecified atom stereocenters. The summed E-state index contributed by atoms with van der Waals surface area (Å²) in [7, 11) is -3.57. The summed E-state index contributed by atoms with van der Waals surface area (Å²) in [4.78, 5) is 24.5. The Kier molecular flexibility index (Phi) is 5.72. The maximum absolute atomic E-state index is 13.7. The highest BCUT2D eigenvalue weighted by atomic mass is 32.2. The molecule has 1 aromatic heterocycles. The highest BCUT2D eigenvalue weighted by molar-refractivity contribution is 7.89. The van der Waals surface area contributed by atoms with Gasteiger partial charge in [0.05, 0.1) is 20.8 Å². The van der Waals surface area contributed by atoms with Crippen molar-refractivity contribution in [2.24, 2.45) is 0 Å². The number of rotatable bonds is 6. The summed E-state index contributed by atoms with van der Waals surface area (Å²) in [6.07, 6.45) is 1.67. The van der Waals surface area contributed by atoms with E-state index in [2.05, 4.69) is 5.32 Å². The number of halogens is 1. The van der Waals surface area contributed by atoms with Crippen LogP contribution in [0.4, 0.5) is 10.1 Å². The first-order valence-electron chi connectivity index (χ1n) is 9.54. The topological polar surface area (TPSA) is 88.5 Å². The third-order valence-electron chi connectivity index (χ3n) is 5.05. The van der Waals surface area contributed by atoms with Crippen molar-refractivity contribution in [2.75, 3.05) is 18.4 Å². The highest BCUT2D eigenvalue weighted by Crippen LogP contribution is 2.26. The second-order valence-electron chi connectivity index (χ2n) is 7.04. The molecule has 0 bridgehead atoms. The van der Waals surface area contributed by atoms with Crippen LogP contribution in [-0.4, -0.2) is 36.3 Å². The fourth-order valence-electron chi connectivity index (χ4n) is 3.49. The van der Waals surface area contributed by atoms with Gasteiger partial charge in [0.25, 0.3) is 0 Å². The fourth-order valence-corrected chi connectivity index (χ4v) is 6.06. The first-order valence-corrected chi connectivity index (χ1v) is 11.8. The molecule has 1 fully saturated rings. The molecule has 0 saturated carbocycles. The Balaban J connectivity index is 1.52. The van der Waals surface area contributed by atoms with E-state index in [0.717, 1.165) is 24.2 Å². The molecule has 1 N–H and O–H groups in total. The summed E-state index contributed by atoms with van der Waals surface area (Å²) in [6.45, 7) is 1.13. The number of carbonyl (C=O) groups is 1. The zero-order valence-electron chi connectivity index (χ0n) is 16.0. The van der Waals surface area contributed by atoms with Crippen molar-refractivity contribution in [1.29, 1.82) is 0 Å². The Morgan fingerprint density at radius 1 is 1.13 bits per heavy atom. The van der Waals surface area contributed by atoms with Crippen molar-refractivity contribution in [2.45, 2.75) is 30.7 Å². The zero-order valence-corrected chi connectivity index (χ0v) is 17.6. The van der Waals surface area contributed by atoms with Crippen LogP contribution in [0.2, 0.25) is 0 Å². The smallest absolute Gasteiger partial charge is 0.308 e. The predicted molar refractivity (Wildman–Crippen MR) is 114 cm³/mol. The van der Waals surface area contributed by atoms with E-state index in [0.29, 0.717) is 23.3 Å². The van der Waals surface area contributed by atoms with E-state index < -0.39 is 21.7 Å². The Morgan fingerprint density at radius 2 is 1.87 bits per heavy atom. The molecule has 1 saturated heterocycles. The molecule has 2 heterocycles. The number of nitrogens with zero attached hydrogens (tertiary/aromatic N) is 2. The van der Waals surface area contributed by atoms with Crippen LogP contribution in [0.3, 0.4) is 0 Å². The van der Waals surface area contributed by atoms with Crippen molar-refractivity contribution in [3.05, 3.63) is 57.9 Å². The predicted octanol–water partition coefficient (Wildman–Crippen LogP) is 3.02. The number of para-hydroxylation sites is 1. The lowest BCUT2D eigenvalue weighted by molar-refractivity contribution is -0.116. The SMILES string of the molecule is O=C(CCn1c(=O)sc2cc(S(=O)(=O)N3CCCC3)ccc21)Nc1ccccc1F. The highest BCUT2D eigenvalue weighted by Gasteiger charge is 2.27. The molecule has 0 atom stereocenters. The van der Waals surface area contributed by atoms with Crippen LogP contribution in [0.15, 0.2) is 52.2 Å². The molecule has 1 aliphatic rings. The van der Waals surface area contributed by atoms with Gasteiger partial charge < -0.3 is 5.32 Å². The lowest BCUT2D eigenvalue weighted by atomic mass is 10.3. The molecule has 1 aliphatic heterocycles. The second kappa shape index (κ2) is 8.29. The number of amides is 1. The van der Waals surface area contributed by atoms with Gasteiger partial charge in [-0.15, -0.1) is 0 Å². The molecule has 0 radical (unpaired) electrons. The number of sulfonamides is 1. The average Bonchev–Trinajstić information content (AvgIpc) is 3.36. The van der Waals surface area contributed by atoms with Crippen molar-refractivity contribution in [3.8, 4) is 0 Å². The molecular weight excluding hydrogens is 429 g/mol. The first kappa shape index (κ1) is 20.7. The number of benzene rings is 2. The maximum Gasteiger partial charge on any atom is 0.308 e. The van der Waals surface area contributed by atoms with Gasteiger partial charge in [0.15, 0.2) is 0 Å². The summed E-state index contributed by atoms with van der Waals surface area (Å²) in [6, 6.07) is 10.5. The van der Waals surface area contributed by atoms with Gasteiger partial charge in [0, 0.05) is 26.1 Å². The van der Waals surface area contributed by atoms with Gasteiger partial charge in [0.1, 0.15) is 5.82 Å². The van der Waals surface area contributed by atoms with E-state index in [1.807, 2.05) is 0 Å². The summed E-state index contributed by atoms with van der Waals surface area (Å²) in [5.74, 6) is -0.949. The number of thiazole rings is 1. The third kappa shape index (κ3) is 4.03. The van der Waals surface area contributed by atoms with Crippen molar-refractivity contribution >= 4 is 43.2 Å². The van der Waals surface area contributed by atoms with E-state index in [-0.39, 0.29) is 28.4 Å². The second-order valence-corrected chi connectivity index (χ2v) is 9.97. The van der Waals surface area contributed by atoms with Gasteiger partial charge in [0.2, 0.25) is 15.9 Å². The summed E-state index contributed by atoms with van der Waals surface area (Å²) >= 11 is 0.942.